The second-order valence-corrected chi connectivity index (χ2v) is 12.5. The first-order valence-electron chi connectivity index (χ1n) is 15.6. The minimum absolute atomic E-state index is 0.105. The van der Waals surface area contributed by atoms with E-state index in [0.29, 0.717) is 0 Å². The molecule has 0 N–H and O–H groups in total. The van der Waals surface area contributed by atoms with Crippen LogP contribution < -0.4 is 9.64 Å². The molecule has 0 unspecified atom stereocenters. The van der Waals surface area contributed by atoms with Crippen molar-refractivity contribution in [1.29, 1.82) is 0 Å². The van der Waals surface area contributed by atoms with Gasteiger partial charge in [-0.25, -0.2) is 4.52 Å². The average Bonchev–Trinajstić information content (AvgIpc) is 3.42. The Bertz CT molecular complexity index is 1630. The van der Waals surface area contributed by atoms with E-state index >= 15 is 0 Å². The third kappa shape index (κ3) is 6.14. The van der Waals surface area contributed by atoms with Crippen LogP contribution in [0.5, 0.6) is 5.75 Å². The Morgan fingerprint density at radius 3 is 2.65 bits per heavy atom. The summed E-state index contributed by atoms with van der Waals surface area (Å²) in [5.74, 6) is 0.664. The van der Waals surface area contributed by atoms with Crippen molar-refractivity contribution in [3.8, 4) is 28.1 Å². The molecule has 7 rings (SSSR count). The molecule has 3 aliphatic heterocycles. The lowest BCUT2D eigenvalue weighted by atomic mass is 9.91. The summed E-state index contributed by atoms with van der Waals surface area (Å²) in [5.41, 5.74) is 9.23. The summed E-state index contributed by atoms with van der Waals surface area (Å²) in [4.78, 5) is 15.0. The maximum Gasteiger partial charge on any atom is 0.310 e. The van der Waals surface area contributed by atoms with Gasteiger partial charge in [0.15, 0.2) is 0 Å². The molecule has 43 heavy (non-hydrogen) atoms. The van der Waals surface area contributed by atoms with Crippen LogP contribution in [0.25, 0.3) is 27.9 Å². The van der Waals surface area contributed by atoms with Crippen molar-refractivity contribution in [2.45, 2.75) is 77.9 Å². The highest BCUT2D eigenvalue weighted by molar-refractivity contribution is 5.86. The highest BCUT2D eigenvalue weighted by Gasteiger charge is 2.33. The average molecular weight is 582 g/mol. The van der Waals surface area contributed by atoms with Crippen LogP contribution in [0.4, 0.5) is 5.69 Å². The minimum Gasteiger partial charge on any atom is -0.490 e. The third-order valence-corrected chi connectivity index (χ3v) is 9.13. The highest BCUT2D eigenvalue weighted by Crippen LogP contribution is 2.39. The quantitative estimate of drug-likeness (QED) is 0.231. The molecule has 5 heterocycles. The predicted octanol–water partition coefficient (Wildman–Crippen LogP) is 7.33. The lowest BCUT2D eigenvalue weighted by Crippen LogP contribution is -2.45. The number of ether oxygens (including phenoxy) is 3. The number of piperidine rings is 1. The van der Waals surface area contributed by atoms with Crippen LogP contribution >= 0.6 is 0 Å². The van der Waals surface area contributed by atoms with E-state index in [9.17, 15) is 4.79 Å². The first-order chi connectivity index (χ1) is 20.7. The van der Waals surface area contributed by atoms with E-state index in [0.717, 1.165) is 102 Å². The van der Waals surface area contributed by atoms with Gasteiger partial charge in [0.25, 0.3) is 0 Å². The molecule has 0 spiro atoms. The van der Waals surface area contributed by atoms with Crippen molar-refractivity contribution in [1.82, 2.24) is 9.61 Å². The molecule has 6 bridgehead atoms. The number of carbonyl (C=O) groups is 1. The first-order valence-corrected chi connectivity index (χ1v) is 15.6. The molecule has 4 aromatic rings. The molecule has 7 heteroatoms. The van der Waals surface area contributed by atoms with Gasteiger partial charge in [0, 0.05) is 37.0 Å². The van der Waals surface area contributed by atoms with E-state index in [1.165, 1.54) is 12.7 Å². The van der Waals surface area contributed by atoms with Gasteiger partial charge < -0.3 is 19.1 Å². The number of hydrogen-bond donors (Lipinski definition) is 0. The number of aryl methyl sites for hydroxylation is 2. The van der Waals surface area contributed by atoms with Gasteiger partial charge in [0.05, 0.1) is 42.1 Å². The van der Waals surface area contributed by atoms with Gasteiger partial charge in [-0.3, -0.25) is 4.79 Å². The molecule has 0 saturated carbocycles. The van der Waals surface area contributed by atoms with Crippen LogP contribution in [-0.2, 0) is 20.7 Å². The number of hydrogen-bond acceptors (Lipinski definition) is 6. The third-order valence-electron chi connectivity index (χ3n) is 9.13. The van der Waals surface area contributed by atoms with Gasteiger partial charge in [-0.2, -0.15) is 5.10 Å². The van der Waals surface area contributed by atoms with Gasteiger partial charge in [0.2, 0.25) is 0 Å². The molecule has 0 radical (unpaired) electrons. The number of carbonyl (C=O) groups excluding carboxylic acids is 1. The van der Waals surface area contributed by atoms with E-state index < -0.39 is 0 Å². The molecule has 1 atom stereocenters. The number of pyridine rings is 1. The van der Waals surface area contributed by atoms with Gasteiger partial charge in [-0.1, -0.05) is 29.8 Å². The van der Waals surface area contributed by atoms with E-state index in [1.54, 1.807) is 0 Å². The normalized spacial score (nSPS) is 21.0. The molecule has 7 nitrogen and oxygen atoms in total. The SMILES string of the molecule is COC(=O)Cc1c(C)cn2nc3cc2c1N1CCC(C)(CC1)OCCCC[C@H](C)Oc1ccc(C)cc1-c1cccc-3c1. The summed E-state index contributed by atoms with van der Waals surface area (Å²) in [7, 11) is 1.45. The molecular weight excluding hydrogens is 538 g/mol. The van der Waals surface area contributed by atoms with Gasteiger partial charge in [0.1, 0.15) is 5.75 Å². The topological polar surface area (TPSA) is 65.3 Å². The molecule has 1 fully saturated rings. The largest absolute Gasteiger partial charge is 0.490 e. The molecular formula is C36H43N3O4. The first kappa shape index (κ1) is 29.2. The summed E-state index contributed by atoms with van der Waals surface area (Å²) in [6.45, 7) is 11.0. The minimum atomic E-state index is -0.238. The van der Waals surface area contributed by atoms with Crippen molar-refractivity contribution in [2.24, 2.45) is 0 Å². The van der Waals surface area contributed by atoms with Gasteiger partial charge in [-0.15, -0.1) is 0 Å². The summed E-state index contributed by atoms with van der Waals surface area (Å²) in [5, 5.41) is 5.06. The Kier molecular flexibility index (Phi) is 8.19. The predicted molar refractivity (Wildman–Crippen MR) is 171 cm³/mol. The molecule has 226 valence electrons. The van der Waals surface area contributed by atoms with Gasteiger partial charge >= 0.3 is 5.97 Å². The van der Waals surface area contributed by atoms with E-state index in [-0.39, 0.29) is 24.1 Å². The van der Waals surface area contributed by atoms with Crippen molar-refractivity contribution in [2.75, 3.05) is 31.7 Å². The van der Waals surface area contributed by atoms with Crippen LogP contribution in [0, 0.1) is 13.8 Å². The fourth-order valence-corrected chi connectivity index (χ4v) is 6.50. The Morgan fingerprint density at radius 2 is 1.86 bits per heavy atom. The number of nitrogens with zero attached hydrogens (tertiary/aromatic N) is 3. The molecule has 2 aromatic carbocycles. The second-order valence-electron chi connectivity index (χ2n) is 12.5. The molecule has 0 aliphatic carbocycles. The Hall–Kier alpha value is -3.84. The summed E-state index contributed by atoms with van der Waals surface area (Å²) < 4.78 is 20.1. The van der Waals surface area contributed by atoms with Crippen LogP contribution in [0.15, 0.2) is 54.7 Å². The maximum atomic E-state index is 12.6. The number of benzene rings is 2. The van der Waals surface area contributed by atoms with Crippen LogP contribution in [0.1, 0.15) is 62.6 Å². The van der Waals surface area contributed by atoms with E-state index in [1.807, 2.05) is 10.7 Å². The lowest BCUT2D eigenvalue weighted by Gasteiger charge is -2.41. The zero-order valence-electron chi connectivity index (χ0n) is 26.1. The van der Waals surface area contributed by atoms with Crippen molar-refractivity contribution >= 4 is 17.2 Å². The van der Waals surface area contributed by atoms with E-state index in [2.05, 4.69) is 81.1 Å². The lowest BCUT2D eigenvalue weighted by molar-refractivity contribution is -0.139. The summed E-state index contributed by atoms with van der Waals surface area (Å²) >= 11 is 0. The molecule has 3 aliphatic rings. The van der Waals surface area contributed by atoms with Crippen molar-refractivity contribution in [3.63, 3.8) is 0 Å². The Morgan fingerprint density at radius 1 is 1.07 bits per heavy atom. The van der Waals surface area contributed by atoms with E-state index in [4.69, 9.17) is 19.3 Å². The summed E-state index contributed by atoms with van der Waals surface area (Å²) in [6, 6.07) is 17.1. The standard InChI is InChI=1S/C36H43N3O4/c1-24-12-13-33-30(19-24)27-10-8-11-28(20-27)31-22-32-35(29(21-34(40)41-5)25(2)23-39(32)37-31)38-16-14-36(4,15-17-38)42-18-7-6-9-26(3)43-33/h8,10-13,19-20,22-23,26H,6-7,9,14-18,21H2,1-5H3/t26-/m0/s1. The molecule has 0 amide bonds. The van der Waals surface area contributed by atoms with Crippen molar-refractivity contribution in [3.05, 3.63) is 71.4 Å². The number of esters is 1. The van der Waals surface area contributed by atoms with Crippen molar-refractivity contribution < 1.29 is 19.0 Å². The highest BCUT2D eigenvalue weighted by atomic mass is 16.5. The van der Waals surface area contributed by atoms with Crippen LogP contribution in [0.2, 0.25) is 0 Å². The number of fused-ring (bicyclic) bond motifs is 8. The summed E-state index contributed by atoms with van der Waals surface area (Å²) in [6.07, 6.45) is 7.25. The fourth-order valence-electron chi connectivity index (χ4n) is 6.50. The zero-order chi connectivity index (χ0) is 30.1. The monoisotopic (exact) mass is 581 g/mol. The number of anilines is 1. The smallest absolute Gasteiger partial charge is 0.310 e. The van der Waals surface area contributed by atoms with Gasteiger partial charge in [-0.05, 0) is 101 Å². The van der Waals surface area contributed by atoms with Crippen LogP contribution in [-0.4, -0.2) is 54.1 Å². The van der Waals surface area contributed by atoms with Crippen LogP contribution in [0.3, 0.4) is 0 Å². The molecule has 2 aromatic heterocycles. The number of methoxy groups -OCH3 is 1. The fraction of sp³-hybridized carbons (Fsp3) is 0.444. The number of rotatable bonds is 2. The number of aromatic nitrogens is 2. The Labute approximate surface area is 254 Å². The Balaban J connectivity index is 1.49. The zero-order valence-corrected chi connectivity index (χ0v) is 26.1. The second kappa shape index (κ2) is 12.0. The maximum absolute atomic E-state index is 12.6. The molecule has 1 saturated heterocycles.